The first-order valence-electron chi connectivity index (χ1n) is 7.63. The lowest BCUT2D eigenvalue weighted by Gasteiger charge is -1.97. The van der Waals surface area contributed by atoms with Crippen LogP contribution in [0.2, 0.25) is 0 Å². The number of hydrogen-bond donors (Lipinski definition) is 0. The monoisotopic (exact) mass is 323 g/mol. The highest BCUT2D eigenvalue weighted by Gasteiger charge is 2.34. The van der Waals surface area contributed by atoms with Crippen LogP contribution >= 0.6 is 0 Å². The Morgan fingerprint density at radius 1 is 1.12 bits per heavy atom. The smallest absolute Gasteiger partial charge is 0.346 e. The zero-order chi connectivity index (χ0) is 17.3. The van der Waals surface area contributed by atoms with Gasteiger partial charge in [-0.3, -0.25) is 0 Å². The fourth-order valence-corrected chi connectivity index (χ4v) is 2.58. The van der Waals surface area contributed by atoms with Gasteiger partial charge in [-0.1, -0.05) is 29.8 Å². The summed E-state index contributed by atoms with van der Waals surface area (Å²) in [6, 6.07) is 9.59. The number of oxazole rings is 1. The van der Waals surface area contributed by atoms with E-state index in [9.17, 15) is 9.59 Å². The van der Waals surface area contributed by atoms with Crippen LogP contribution in [0, 0.1) is 6.92 Å². The Kier molecular flexibility index (Phi) is 4.16. The molecule has 2 aromatic rings. The van der Waals surface area contributed by atoms with Gasteiger partial charge in [-0.25, -0.2) is 14.6 Å². The molecule has 0 N–H and O–H groups in total. The van der Waals surface area contributed by atoms with Crippen molar-refractivity contribution in [1.82, 2.24) is 4.98 Å². The summed E-state index contributed by atoms with van der Waals surface area (Å²) < 4.78 is 10.4. The summed E-state index contributed by atoms with van der Waals surface area (Å²) in [4.78, 5) is 28.1. The third-order valence-electron chi connectivity index (χ3n) is 3.79. The van der Waals surface area contributed by atoms with Crippen molar-refractivity contribution in [2.75, 3.05) is 0 Å². The molecule has 1 aromatic carbocycles. The van der Waals surface area contributed by atoms with Crippen molar-refractivity contribution in [2.24, 2.45) is 0 Å². The number of cyclic esters (lactones) is 2. The van der Waals surface area contributed by atoms with Gasteiger partial charge in [0.25, 0.3) is 0 Å². The van der Waals surface area contributed by atoms with Gasteiger partial charge < -0.3 is 9.15 Å². The molecule has 1 saturated heterocycles. The summed E-state index contributed by atoms with van der Waals surface area (Å²) in [5.74, 6) is 0.0184. The van der Waals surface area contributed by atoms with Crippen LogP contribution in [0.25, 0.3) is 11.5 Å². The van der Waals surface area contributed by atoms with E-state index in [2.05, 4.69) is 4.98 Å². The standard InChI is InChI=1S/C19H17NO4/c1-11(2)16-14(18(21)24-19(16)22)9-10-15-12(3)23-17(20-15)13-7-5-4-6-8-13/h4-9H,10H2,1-3H3. The predicted molar refractivity (Wildman–Crippen MR) is 87.9 cm³/mol. The molecule has 3 rings (SSSR count). The third kappa shape index (κ3) is 2.93. The van der Waals surface area contributed by atoms with Gasteiger partial charge >= 0.3 is 11.9 Å². The normalized spacial score (nSPS) is 16.0. The van der Waals surface area contributed by atoms with Gasteiger partial charge in [-0.15, -0.1) is 0 Å². The average Bonchev–Trinajstić information content (AvgIpc) is 3.05. The Hall–Kier alpha value is -2.95. The lowest BCUT2D eigenvalue weighted by Crippen LogP contribution is -1.97. The van der Waals surface area contributed by atoms with E-state index < -0.39 is 11.9 Å². The number of ether oxygens (including phenoxy) is 1. The van der Waals surface area contributed by atoms with Crippen LogP contribution < -0.4 is 0 Å². The van der Waals surface area contributed by atoms with E-state index in [4.69, 9.17) is 9.15 Å². The molecule has 1 aromatic heterocycles. The van der Waals surface area contributed by atoms with Gasteiger partial charge in [0.15, 0.2) is 0 Å². The topological polar surface area (TPSA) is 69.4 Å². The predicted octanol–water partition coefficient (Wildman–Crippen LogP) is 3.54. The van der Waals surface area contributed by atoms with Crippen LogP contribution in [0.4, 0.5) is 0 Å². The van der Waals surface area contributed by atoms with Crippen molar-refractivity contribution in [3.63, 3.8) is 0 Å². The summed E-state index contributed by atoms with van der Waals surface area (Å²) in [7, 11) is 0. The molecule has 24 heavy (non-hydrogen) atoms. The first-order valence-corrected chi connectivity index (χ1v) is 7.63. The second-order valence-corrected chi connectivity index (χ2v) is 5.76. The molecule has 0 bridgehead atoms. The lowest BCUT2D eigenvalue weighted by molar-refractivity contribution is -0.149. The number of aromatic nitrogens is 1. The summed E-state index contributed by atoms with van der Waals surface area (Å²) in [6.45, 7) is 5.38. The van der Waals surface area contributed by atoms with Gasteiger partial charge in [0.1, 0.15) is 5.76 Å². The molecule has 2 heterocycles. The first kappa shape index (κ1) is 15.9. The van der Waals surface area contributed by atoms with Gasteiger partial charge in [-0.2, -0.15) is 0 Å². The maximum atomic E-state index is 11.8. The molecular weight excluding hydrogens is 306 g/mol. The Bertz CT molecular complexity index is 868. The van der Waals surface area contributed by atoms with E-state index in [1.54, 1.807) is 19.9 Å². The zero-order valence-corrected chi connectivity index (χ0v) is 13.8. The number of carbonyl (C=O) groups is 2. The zero-order valence-electron chi connectivity index (χ0n) is 13.8. The van der Waals surface area contributed by atoms with Crippen molar-refractivity contribution in [3.8, 4) is 11.5 Å². The number of aryl methyl sites for hydroxylation is 1. The molecular formula is C19H17NO4. The van der Waals surface area contributed by atoms with Crippen molar-refractivity contribution in [3.05, 3.63) is 64.6 Å². The summed E-state index contributed by atoms with van der Waals surface area (Å²) in [5.41, 5.74) is 2.99. The van der Waals surface area contributed by atoms with Crippen molar-refractivity contribution in [2.45, 2.75) is 27.2 Å². The second kappa shape index (κ2) is 6.28. The number of allylic oxidation sites excluding steroid dienone is 2. The van der Waals surface area contributed by atoms with E-state index in [-0.39, 0.29) is 0 Å². The quantitative estimate of drug-likeness (QED) is 0.491. The average molecular weight is 323 g/mol. The highest BCUT2D eigenvalue weighted by atomic mass is 16.6. The number of rotatable bonds is 3. The van der Waals surface area contributed by atoms with Crippen LogP contribution in [-0.4, -0.2) is 16.9 Å². The van der Waals surface area contributed by atoms with Gasteiger partial charge in [0.2, 0.25) is 5.89 Å². The largest absolute Gasteiger partial charge is 0.441 e. The number of benzene rings is 1. The van der Waals surface area contributed by atoms with Crippen LogP contribution in [0.5, 0.6) is 0 Å². The van der Waals surface area contributed by atoms with Crippen molar-refractivity contribution >= 4 is 11.9 Å². The van der Waals surface area contributed by atoms with E-state index in [1.165, 1.54) is 0 Å². The molecule has 5 heteroatoms. The van der Waals surface area contributed by atoms with Gasteiger partial charge in [-0.05, 0) is 32.9 Å². The van der Waals surface area contributed by atoms with Crippen LogP contribution in [0.1, 0.15) is 25.3 Å². The minimum Gasteiger partial charge on any atom is -0.441 e. The summed E-state index contributed by atoms with van der Waals surface area (Å²) in [5, 5.41) is 0. The molecule has 0 spiro atoms. The Labute approximate surface area is 139 Å². The number of nitrogens with zero attached hydrogens (tertiary/aromatic N) is 1. The molecule has 0 saturated carbocycles. The Balaban J connectivity index is 1.90. The fraction of sp³-hybridized carbons (Fsp3) is 0.211. The van der Waals surface area contributed by atoms with E-state index in [0.29, 0.717) is 29.2 Å². The second-order valence-electron chi connectivity index (χ2n) is 5.76. The van der Waals surface area contributed by atoms with Crippen LogP contribution in [0.15, 0.2) is 57.5 Å². The minimum atomic E-state index is -0.611. The molecule has 122 valence electrons. The molecule has 0 aliphatic carbocycles. The Morgan fingerprint density at radius 2 is 1.83 bits per heavy atom. The summed E-state index contributed by atoms with van der Waals surface area (Å²) >= 11 is 0. The maximum Gasteiger partial charge on any atom is 0.346 e. The summed E-state index contributed by atoms with van der Waals surface area (Å²) in [6.07, 6.45) is 2.06. The molecule has 0 amide bonds. The van der Waals surface area contributed by atoms with Gasteiger partial charge in [0.05, 0.1) is 16.8 Å². The van der Waals surface area contributed by atoms with Crippen molar-refractivity contribution in [1.29, 1.82) is 0 Å². The van der Waals surface area contributed by atoms with Crippen LogP contribution in [0.3, 0.4) is 0 Å². The van der Waals surface area contributed by atoms with Gasteiger partial charge in [0, 0.05) is 12.0 Å². The van der Waals surface area contributed by atoms with Crippen molar-refractivity contribution < 1.29 is 18.7 Å². The molecule has 1 aliphatic rings. The molecule has 1 fully saturated rings. The fourth-order valence-electron chi connectivity index (χ4n) is 2.58. The lowest BCUT2D eigenvalue weighted by atomic mass is 10.0. The van der Waals surface area contributed by atoms with E-state index in [1.807, 2.05) is 37.3 Å². The highest BCUT2D eigenvalue weighted by Crippen LogP contribution is 2.27. The van der Waals surface area contributed by atoms with Crippen LogP contribution in [-0.2, 0) is 20.7 Å². The molecule has 0 unspecified atom stereocenters. The minimum absolute atomic E-state index is 0.295. The molecule has 0 radical (unpaired) electrons. The number of hydrogen-bond acceptors (Lipinski definition) is 5. The maximum absolute atomic E-state index is 11.8. The van der Waals surface area contributed by atoms with E-state index in [0.717, 1.165) is 16.8 Å². The SMILES string of the molecule is CC(C)=C1C(=O)OC(=O)C1=CCc1nc(-c2ccccc2)oc1C. The number of esters is 2. The molecule has 5 nitrogen and oxygen atoms in total. The first-order chi connectivity index (χ1) is 11.5. The molecule has 1 aliphatic heterocycles. The molecule has 0 atom stereocenters. The highest BCUT2D eigenvalue weighted by molar-refractivity contribution is 6.18. The third-order valence-corrected chi connectivity index (χ3v) is 3.79. The number of carbonyl (C=O) groups excluding carboxylic acids is 2. The van der Waals surface area contributed by atoms with E-state index >= 15 is 0 Å². The Morgan fingerprint density at radius 3 is 2.50 bits per heavy atom.